The number of hydrogen-bond acceptors (Lipinski definition) is 4. The fraction of sp³-hybridized carbons (Fsp3) is 0.375. The zero-order chi connectivity index (χ0) is 15.5. The monoisotopic (exact) mass is 323 g/mol. The van der Waals surface area contributed by atoms with Crippen molar-refractivity contribution in [2.45, 2.75) is 29.3 Å². The highest BCUT2D eigenvalue weighted by Gasteiger charge is 2.37. The van der Waals surface area contributed by atoms with Crippen LogP contribution in [0, 0.1) is 5.92 Å². The lowest BCUT2D eigenvalue weighted by atomic mass is 9.96. The molecule has 2 unspecified atom stereocenters. The van der Waals surface area contributed by atoms with Crippen LogP contribution in [0.2, 0.25) is 0 Å². The number of hydrogen-bond donors (Lipinski definition) is 1. The van der Waals surface area contributed by atoms with Gasteiger partial charge in [0, 0.05) is 6.04 Å². The zero-order valence-electron chi connectivity index (χ0n) is 12.5. The van der Waals surface area contributed by atoms with Gasteiger partial charge in [0.25, 0.3) is 0 Å². The van der Waals surface area contributed by atoms with Crippen LogP contribution in [0.3, 0.4) is 0 Å². The van der Waals surface area contributed by atoms with Gasteiger partial charge in [-0.2, -0.15) is 0 Å². The first-order chi connectivity index (χ1) is 9.98. The molecule has 5 heteroatoms. The maximum atomic E-state index is 13.0. The Balaban J connectivity index is 2.48. The average molecular weight is 323 g/mol. The topological polar surface area (TPSA) is 46.2 Å². The van der Waals surface area contributed by atoms with E-state index in [0.717, 1.165) is 5.56 Å². The molecule has 0 saturated heterocycles. The molecule has 0 fully saturated rings. The number of thiophene rings is 1. The molecule has 0 aliphatic carbocycles. The second kappa shape index (κ2) is 6.73. The molecule has 2 rings (SSSR count). The van der Waals surface area contributed by atoms with Gasteiger partial charge in [-0.1, -0.05) is 50.2 Å². The minimum Gasteiger partial charge on any atom is -0.312 e. The van der Waals surface area contributed by atoms with Gasteiger partial charge in [-0.15, -0.1) is 11.3 Å². The van der Waals surface area contributed by atoms with E-state index in [1.165, 1.54) is 11.3 Å². The molecular formula is C16H21NO2S2. The summed E-state index contributed by atoms with van der Waals surface area (Å²) < 4.78 is 26.4. The van der Waals surface area contributed by atoms with Crippen molar-refractivity contribution in [2.24, 2.45) is 5.92 Å². The second-order valence-electron chi connectivity index (χ2n) is 5.36. The van der Waals surface area contributed by atoms with Crippen LogP contribution in [-0.4, -0.2) is 20.7 Å². The number of benzene rings is 1. The Bertz CT molecular complexity index is 649. The molecule has 1 aromatic carbocycles. The largest absolute Gasteiger partial charge is 0.312 e. The molecule has 0 spiro atoms. The molecular weight excluding hydrogens is 302 g/mol. The van der Waals surface area contributed by atoms with Crippen LogP contribution in [0.5, 0.6) is 0 Å². The summed E-state index contributed by atoms with van der Waals surface area (Å²) in [4.78, 5) is 0. The van der Waals surface area contributed by atoms with E-state index in [0.29, 0.717) is 4.21 Å². The number of rotatable bonds is 6. The van der Waals surface area contributed by atoms with E-state index >= 15 is 0 Å². The Hall–Kier alpha value is -1.17. The summed E-state index contributed by atoms with van der Waals surface area (Å²) in [6.45, 7) is 3.92. The summed E-state index contributed by atoms with van der Waals surface area (Å²) in [6, 6.07) is 13.0. The second-order valence-corrected chi connectivity index (χ2v) is 8.64. The minimum atomic E-state index is -3.36. The molecule has 21 heavy (non-hydrogen) atoms. The fourth-order valence-corrected chi connectivity index (χ4v) is 6.05. The Morgan fingerprint density at radius 1 is 1.05 bits per heavy atom. The van der Waals surface area contributed by atoms with Gasteiger partial charge >= 0.3 is 0 Å². The van der Waals surface area contributed by atoms with Crippen molar-refractivity contribution in [1.82, 2.24) is 5.32 Å². The molecule has 0 aliphatic heterocycles. The summed E-state index contributed by atoms with van der Waals surface area (Å²) in [5.74, 6) is 0.00903. The van der Waals surface area contributed by atoms with E-state index in [1.54, 1.807) is 17.5 Å². The maximum absolute atomic E-state index is 13.0. The minimum absolute atomic E-state index is 0.00903. The van der Waals surface area contributed by atoms with Crippen LogP contribution in [0.4, 0.5) is 0 Å². The molecule has 0 amide bonds. The zero-order valence-corrected chi connectivity index (χ0v) is 14.1. The lowest BCUT2D eigenvalue weighted by Crippen LogP contribution is -2.39. The van der Waals surface area contributed by atoms with Gasteiger partial charge in [-0.25, -0.2) is 8.42 Å². The van der Waals surface area contributed by atoms with Crippen LogP contribution in [0.1, 0.15) is 25.5 Å². The van der Waals surface area contributed by atoms with E-state index in [4.69, 9.17) is 0 Å². The summed E-state index contributed by atoms with van der Waals surface area (Å²) in [5, 5.41) is 4.50. The first-order valence-corrected chi connectivity index (χ1v) is 9.40. The van der Waals surface area contributed by atoms with E-state index in [2.05, 4.69) is 5.32 Å². The highest BCUT2D eigenvalue weighted by atomic mass is 32.2. The Morgan fingerprint density at radius 3 is 2.19 bits per heavy atom. The number of nitrogens with one attached hydrogen (secondary N) is 1. The highest BCUT2D eigenvalue weighted by Crippen LogP contribution is 2.33. The van der Waals surface area contributed by atoms with Gasteiger partial charge in [-0.3, -0.25) is 0 Å². The van der Waals surface area contributed by atoms with E-state index < -0.39 is 15.1 Å². The van der Waals surface area contributed by atoms with Gasteiger partial charge < -0.3 is 5.32 Å². The van der Waals surface area contributed by atoms with Gasteiger partial charge in [0.05, 0.1) is 5.25 Å². The standard InChI is InChI=1S/C16H21NO2S2/c1-12(2)16(21(18,19)14-10-7-11-20-14)15(17-3)13-8-5-4-6-9-13/h4-12,15-17H,1-3H3. The van der Waals surface area contributed by atoms with Crippen LogP contribution in [0.25, 0.3) is 0 Å². The molecule has 114 valence electrons. The van der Waals surface area contributed by atoms with Crippen LogP contribution in [0.15, 0.2) is 52.1 Å². The predicted octanol–water partition coefficient (Wildman–Crippen LogP) is 3.51. The molecule has 0 saturated carbocycles. The fourth-order valence-electron chi connectivity index (χ4n) is 2.66. The first kappa shape index (κ1) is 16.2. The third-order valence-corrected chi connectivity index (χ3v) is 7.47. The summed E-state index contributed by atoms with van der Waals surface area (Å²) in [6.07, 6.45) is 0. The van der Waals surface area contributed by atoms with Crippen LogP contribution in [-0.2, 0) is 9.84 Å². The molecule has 1 heterocycles. The third-order valence-electron chi connectivity index (χ3n) is 3.59. The van der Waals surface area contributed by atoms with E-state index in [9.17, 15) is 8.42 Å². The quantitative estimate of drug-likeness (QED) is 0.885. The molecule has 2 aromatic rings. The smallest absolute Gasteiger partial charge is 0.192 e. The summed E-state index contributed by atoms with van der Waals surface area (Å²) in [5.41, 5.74) is 0.999. The van der Waals surface area contributed by atoms with E-state index in [-0.39, 0.29) is 12.0 Å². The summed E-state index contributed by atoms with van der Waals surface area (Å²) in [7, 11) is -1.54. The van der Waals surface area contributed by atoms with Gasteiger partial charge in [0.15, 0.2) is 9.84 Å². The maximum Gasteiger partial charge on any atom is 0.192 e. The van der Waals surface area contributed by atoms with Gasteiger partial charge in [-0.05, 0) is 30.0 Å². The highest BCUT2D eigenvalue weighted by molar-refractivity contribution is 7.94. The molecule has 0 aliphatic rings. The van der Waals surface area contributed by atoms with Crippen molar-refractivity contribution >= 4 is 21.2 Å². The Labute approximate surface area is 130 Å². The first-order valence-electron chi connectivity index (χ1n) is 6.98. The van der Waals surface area contributed by atoms with Crippen LogP contribution < -0.4 is 5.32 Å². The predicted molar refractivity (Wildman–Crippen MR) is 88.4 cm³/mol. The van der Waals surface area contributed by atoms with Crippen molar-refractivity contribution in [1.29, 1.82) is 0 Å². The van der Waals surface area contributed by atoms with Crippen molar-refractivity contribution in [3.8, 4) is 0 Å². The Morgan fingerprint density at radius 2 is 1.71 bits per heavy atom. The van der Waals surface area contributed by atoms with Gasteiger partial charge in [0.1, 0.15) is 4.21 Å². The lowest BCUT2D eigenvalue weighted by Gasteiger charge is -2.29. The normalized spacial score (nSPS) is 15.0. The van der Waals surface area contributed by atoms with Gasteiger partial charge in [0.2, 0.25) is 0 Å². The third kappa shape index (κ3) is 3.36. The van der Waals surface area contributed by atoms with Crippen LogP contribution >= 0.6 is 11.3 Å². The average Bonchev–Trinajstić information content (AvgIpc) is 2.99. The van der Waals surface area contributed by atoms with Crippen molar-refractivity contribution in [3.63, 3.8) is 0 Å². The summed E-state index contributed by atoms with van der Waals surface area (Å²) >= 11 is 1.28. The van der Waals surface area contributed by atoms with Crippen molar-refractivity contribution in [3.05, 3.63) is 53.4 Å². The molecule has 1 aromatic heterocycles. The van der Waals surface area contributed by atoms with E-state index in [1.807, 2.05) is 51.2 Å². The molecule has 0 bridgehead atoms. The Kier molecular flexibility index (Phi) is 5.19. The van der Waals surface area contributed by atoms with Crippen molar-refractivity contribution < 1.29 is 8.42 Å². The number of sulfone groups is 1. The van der Waals surface area contributed by atoms with Crippen molar-refractivity contribution in [2.75, 3.05) is 7.05 Å². The molecule has 1 N–H and O–H groups in total. The molecule has 2 atom stereocenters. The SMILES string of the molecule is CNC(c1ccccc1)C(C(C)C)S(=O)(=O)c1cccs1. The molecule has 3 nitrogen and oxygen atoms in total. The lowest BCUT2D eigenvalue weighted by molar-refractivity contribution is 0.442. The molecule has 0 radical (unpaired) electrons.